The molecule has 2 aromatic carbocycles. The minimum absolute atomic E-state index is 0.433. The summed E-state index contributed by atoms with van der Waals surface area (Å²) in [5.74, 6) is 2.35. The predicted molar refractivity (Wildman–Crippen MR) is 159 cm³/mol. The van der Waals surface area contributed by atoms with Crippen molar-refractivity contribution in [1.29, 1.82) is 0 Å². The van der Waals surface area contributed by atoms with Crippen LogP contribution in [0.15, 0.2) is 42.5 Å². The van der Waals surface area contributed by atoms with Crippen LogP contribution >= 0.6 is 0 Å². The monoisotopic (exact) mass is 570 g/mol. The first-order valence-electron chi connectivity index (χ1n) is 14.0. The van der Waals surface area contributed by atoms with E-state index in [4.69, 9.17) is 14.2 Å². The fourth-order valence-electron chi connectivity index (χ4n) is 6.34. The van der Waals surface area contributed by atoms with Crippen molar-refractivity contribution in [3.05, 3.63) is 64.7 Å². The van der Waals surface area contributed by atoms with Gasteiger partial charge in [-0.1, -0.05) is 59.6 Å². The summed E-state index contributed by atoms with van der Waals surface area (Å²) in [4.78, 5) is 0. The largest absolute Gasteiger partial charge is 0.496 e. The van der Waals surface area contributed by atoms with Crippen LogP contribution in [0, 0.1) is 11.5 Å². The third-order valence-electron chi connectivity index (χ3n) is 8.57. The van der Waals surface area contributed by atoms with Crippen molar-refractivity contribution in [2.75, 3.05) is 20.8 Å². The van der Waals surface area contributed by atoms with Gasteiger partial charge in [-0.15, -0.1) is 5.54 Å². The molecule has 4 N–H and O–H groups in total. The van der Waals surface area contributed by atoms with Gasteiger partial charge in [-0.05, 0) is 58.1 Å². The van der Waals surface area contributed by atoms with E-state index in [1.807, 2.05) is 12.1 Å². The number of hydrogen-bond donors (Lipinski definition) is 4. The van der Waals surface area contributed by atoms with Crippen LogP contribution in [0.25, 0.3) is 0 Å². The highest BCUT2D eigenvalue weighted by atomic mass is 28.3. The van der Waals surface area contributed by atoms with Gasteiger partial charge in [0.05, 0.1) is 13.7 Å². The Bertz CT molecular complexity index is 1160. The van der Waals surface area contributed by atoms with Gasteiger partial charge in [-0.3, -0.25) is 0 Å². The van der Waals surface area contributed by atoms with Crippen LogP contribution in [-0.4, -0.2) is 73.7 Å². The number of aliphatic hydroxyl groups is 4. The molecule has 7 nitrogen and oxygen atoms in total. The highest BCUT2D eigenvalue weighted by Gasteiger charge is 2.55. The van der Waals surface area contributed by atoms with E-state index in [0.29, 0.717) is 34.4 Å². The van der Waals surface area contributed by atoms with E-state index in [2.05, 4.69) is 65.1 Å². The first kappa shape index (κ1) is 32.3. The molecule has 40 heavy (non-hydrogen) atoms. The molecule has 5 atom stereocenters. The molecule has 1 heterocycles. The fourth-order valence-corrected chi connectivity index (χ4v) is 11.6. The summed E-state index contributed by atoms with van der Waals surface area (Å²) in [7, 11) is 1.11. The lowest BCUT2D eigenvalue weighted by atomic mass is 9.86. The summed E-state index contributed by atoms with van der Waals surface area (Å²) < 4.78 is 17.1. The van der Waals surface area contributed by atoms with Crippen LogP contribution in [-0.2, 0) is 21.7 Å². The molecular formula is C32H46O7Si. The third kappa shape index (κ3) is 6.02. The van der Waals surface area contributed by atoms with Gasteiger partial charge in [0.15, 0.2) is 0 Å². The summed E-state index contributed by atoms with van der Waals surface area (Å²) in [6.07, 6.45) is -5.24. The molecule has 0 spiro atoms. The van der Waals surface area contributed by atoms with Gasteiger partial charge in [0.25, 0.3) is 0 Å². The zero-order chi connectivity index (χ0) is 29.8. The lowest BCUT2D eigenvalue weighted by Crippen LogP contribution is -2.64. The van der Waals surface area contributed by atoms with Crippen molar-refractivity contribution in [3.8, 4) is 17.2 Å². The SMILES string of the molecule is COc1ccc([C@]2(OC)O[C@@H](CO)[C@@H](O)[C@H](O)[C@H]2O)cc1Cc1ccc(C#C[Si](C(C)C)(C(C)C)C(C)C)cc1. The zero-order valence-corrected chi connectivity index (χ0v) is 26.0. The van der Waals surface area contributed by atoms with E-state index in [-0.39, 0.29) is 0 Å². The Morgan fingerprint density at radius 2 is 1.50 bits per heavy atom. The van der Waals surface area contributed by atoms with Crippen molar-refractivity contribution >= 4 is 8.07 Å². The molecule has 1 fully saturated rings. The van der Waals surface area contributed by atoms with Crippen LogP contribution < -0.4 is 4.74 Å². The molecule has 0 aromatic heterocycles. The molecule has 1 aliphatic heterocycles. The summed E-state index contributed by atoms with van der Waals surface area (Å²) in [5.41, 5.74) is 8.76. The number of ether oxygens (including phenoxy) is 3. The van der Waals surface area contributed by atoms with Gasteiger partial charge in [-0.25, -0.2) is 0 Å². The minimum Gasteiger partial charge on any atom is -0.496 e. The molecule has 0 saturated carbocycles. The standard InChI is InChI=1S/C32H46O7Si/c1-20(2)40(21(3)4,22(5)6)16-15-23-9-11-24(12-10-23)17-25-18-26(13-14-27(25)37-7)32(38-8)31(36)30(35)29(34)28(19-33)39-32/h9-14,18,20-22,28-31,33-36H,17,19H2,1-8H3/t28-,29+,30-,31+,32-/m0/s1. The van der Waals surface area contributed by atoms with Gasteiger partial charge < -0.3 is 34.6 Å². The van der Waals surface area contributed by atoms with Gasteiger partial charge in [0.1, 0.15) is 38.2 Å². The molecule has 220 valence electrons. The van der Waals surface area contributed by atoms with Crippen LogP contribution in [0.5, 0.6) is 5.75 Å². The normalized spacial score (nSPS) is 25.3. The van der Waals surface area contributed by atoms with Crippen molar-refractivity contribution in [2.24, 2.45) is 0 Å². The van der Waals surface area contributed by atoms with E-state index >= 15 is 0 Å². The molecule has 3 rings (SSSR count). The Hall–Kier alpha value is -2.22. The smallest absolute Gasteiger partial charge is 0.224 e. The molecule has 0 radical (unpaired) electrons. The summed E-state index contributed by atoms with van der Waals surface area (Å²) in [5, 5.41) is 41.3. The molecule has 1 saturated heterocycles. The van der Waals surface area contributed by atoms with Gasteiger partial charge >= 0.3 is 0 Å². The summed E-state index contributed by atoms with van der Waals surface area (Å²) >= 11 is 0. The van der Waals surface area contributed by atoms with E-state index in [1.165, 1.54) is 7.11 Å². The lowest BCUT2D eigenvalue weighted by Gasteiger charge is -2.47. The Morgan fingerprint density at radius 3 is 2.00 bits per heavy atom. The lowest BCUT2D eigenvalue weighted by molar-refractivity contribution is -0.366. The first-order chi connectivity index (χ1) is 18.9. The molecule has 2 aromatic rings. The predicted octanol–water partition coefficient (Wildman–Crippen LogP) is 4.13. The van der Waals surface area contributed by atoms with Crippen LogP contribution in [0.1, 0.15) is 63.8 Å². The van der Waals surface area contributed by atoms with Crippen molar-refractivity contribution in [2.45, 2.75) is 94.8 Å². The fraction of sp³-hybridized carbons (Fsp3) is 0.562. The van der Waals surface area contributed by atoms with Crippen LogP contribution in [0.2, 0.25) is 16.6 Å². The molecule has 1 aliphatic rings. The number of rotatable bonds is 9. The van der Waals surface area contributed by atoms with Gasteiger partial charge in [0.2, 0.25) is 5.79 Å². The Labute approximate surface area is 240 Å². The van der Waals surface area contributed by atoms with Crippen molar-refractivity contribution in [1.82, 2.24) is 0 Å². The van der Waals surface area contributed by atoms with E-state index in [1.54, 1.807) is 25.3 Å². The Balaban J connectivity index is 1.94. The van der Waals surface area contributed by atoms with E-state index in [0.717, 1.165) is 16.7 Å². The topological polar surface area (TPSA) is 109 Å². The highest BCUT2D eigenvalue weighted by molar-refractivity contribution is 6.90. The maximum absolute atomic E-state index is 10.9. The minimum atomic E-state index is -1.82. The third-order valence-corrected chi connectivity index (χ3v) is 14.9. The first-order valence-corrected chi connectivity index (χ1v) is 16.3. The van der Waals surface area contributed by atoms with Crippen LogP contribution in [0.4, 0.5) is 0 Å². The van der Waals surface area contributed by atoms with E-state index < -0.39 is 44.9 Å². The average molecular weight is 571 g/mol. The van der Waals surface area contributed by atoms with Crippen molar-refractivity contribution < 1.29 is 34.6 Å². The number of methoxy groups -OCH3 is 2. The molecule has 8 heteroatoms. The van der Waals surface area contributed by atoms with Crippen molar-refractivity contribution in [3.63, 3.8) is 0 Å². The second-order valence-electron chi connectivity index (χ2n) is 11.7. The second-order valence-corrected chi connectivity index (χ2v) is 17.3. The quantitative estimate of drug-likeness (QED) is 0.265. The molecular weight excluding hydrogens is 524 g/mol. The maximum atomic E-state index is 10.9. The maximum Gasteiger partial charge on any atom is 0.224 e. The van der Waals surface area contributed by atoms with Gasteiger partial charge in [0, 0.05) is 24.7 Å². The number of hydrogen-bond acceptors (Lipinski definition) is 7. The summed E-state index contributed by atoms with van der Waals surface area (Å²) in [6, 6.07) is 13.4. The number of aliphatic hydroxyl groups excluding tert-OH is 4. The Kier molecular flexibility index (Phi) is 10.6. The molecule has 0 unspecified atom stereocenters. The highest BCUT2D eigenvalue weighted by Crippen LogP contribution is 2.42. The number of benzene rings is 2. The van der Waals surface area contributed by atoms with E-state index in [9.17, 15) is 20.4 Å². The van der Waals surface area contributed by atoms with Gasteiger partial charge in [-0.2, -0.15) is 0 Å². The molecule has 0 bridgehead atoms. The molecule has 0 aliphatic carbocycles. The average Bonchev–Trinajstić information content (AvgIpc) is 2.93. The summed E-state index contributed by atoms with van der Waals surface area (Å²) in [6.45, 7) is 13.3. The zero-order valence-electron chi connectivity index (χ0n) is 25.0. The van der Waals surface area contributed by atoms with Crippen LogP contribution in [0.3, 0.4) is 0 Å². The molecule has 0 amide bonds. The Morgan fingerprint density at radius 1 is 0.900 bits per heavy atom. The second kappa shape index (κ2) is 13.2.